The number of hydrogen-bond acceptors (Lipinski definition) is 2. The minimum absolute atomic E-state index is 0.0208. The first-order chi connectivity index (χ1) is 4.54. The van der Waals surface area contributed by atoms with Gasteiger partial charge in [-0.2, -0.15) is 0 Å². The van der Waals surface area contributed by atoms with Crippen molar-refractivity contribution in [3.8, 4) is 0 Å². The van der Waals surface area contributed by atoms with E-state index in [0.717, 1.165) is 0 Å². The van der Waals surface area contributed by atoms with Crippen LogP contribution in [0.25, 0.3) is 0 Å². The van der Waals surface area contributed by atoms with Gasteiger partial charge in [-0.25, -0.2) is 0 Å². The van der Waals surface area contributed by atoms with Crippen LogP contribution in [0.15, 0.2) is 0 Å². The molecule has 0 heterocycles. The zero-order valence-corrected chi connectivity index (χ0v) is 7.14. The molecule has 0 aromatic carbocycles. The first-order valence-electron chi connectivity index (χ1n) is 3.48. The number of nitrogens with zero attached hydrogens (tertiary/aromatic N) is 1. The number of hydrogen-bond donors (Lipinski definition) is 1. The van der Waals surface area contributed by atoms with E-state index in [2.05, 4.69) is 24.1 Å². The van der Waals surface area contributed by atoms with Crippen molar-refractivity contribution in [2.75, 3.05) is 13.7 Å². The maximum Gasteiger partial charge on any atom is 0.217 e. The molecule has 0 bridgehead atoms. The van der Waals surface area contributed by atoms with Gasteiger partial charge in [0, 0.05) is 13.0 Å². The van der Waals surface area contributed by atoms with Crippen LogP contribution in [-0.4, -0.2) is 30.6 Å². The van der Waals surface area contributed by atoms with Crippen LogP contribution in [0, 0.1) is 0 Å². The van der Waals surface area contributed by atoms with E-state index in [0.29, 0.717) is 12.7 Å². The minimum Gasteiger partial charge on any atom is -0.344 e. The molecule has 1 N–H and O–H groups in total. The van der Waals surface area contributed by atoms with E-state index in [9.17, 15) is 4.79 Å². The van der Waals surface area contributed by atoms with Gasteiger partial charge in [0.2, 0.25) is 5.91 Å². The summed E-state index contributed by atoms with van der Waals surface area (Å²) < 4.78 is 0. The number of rotatable bonds is 3. The molecule has 3 heteroatoms. The Kier molecular flexibility index (Phi) is 4.03. The quantitative estimate of drug-likeness (QED) is 0.582. The fraction of sp³-hybridized carbons (Fsp3) is 0.857. The molecule has 0 spiro atoms. The first kappa shape index (κ1) is 9.43. The van der Waals surface area contributed by atoms with Crippen LogP contribution in [0.5, 0.6) is 0 Å². The van der Waals surface area contributed by atoms with Gasteiger partial charge in [0.1, 0.15) is 0 Å². The van der Waals surface area contributed by atoms with E-state index in [1.807, 2.05) is 7.05 Å². The molecule has 0 saturated carbocycles. The molecular formula is C7H16N2O. The molecule has 3 nitrogen and oxygen atoms in total. The van der Waals surface area contributed by atoms with Gasteiger partial charge in [0.25, 0.3) is 0 Å². The highest BCUT2D eigenvalue weighted by atomic mass is 16.1. The Hall–Kier alpha value is -0.570. The molecule has 0 unspecified atom stereocenters. The van der Waals surface area contributed by atoms with Crippen LogP contribution in [-0.2, 0) is 4.79 Å². The smallest absolute Gasteiger partial charge is 0.217 e. The zero-order valence-electron chi connectivity index (χ0n) is 7.14. The maximum atomic E-state index is 10.4. The van der Waals surface area contributed by atoms with Gasteiger partial charge in [-0.15, -0.1) is 0 Å². The monoisotopic (exact) mass is 144 g/mol. The van der Waals surface area contributed by atoms with E-state index >= 15 is 0 Å². The van der Waals surface area contributed by atoms with Gasteiger partial charge < -0.3 is 5.32 Å². The van der Waals surface area contributed by atoms with E-state index in [-0.39, 0.29) is 5.91 Å². The van der Waals surface area contributed by atoms with Gasteiger partial charge in [-0.05, 0) is 20.9 Å². The summed E-state index contributed by atoms with van der Waals surface area (Å²) in [4.78, 5) is 12.5. The Bertz CT molecular complexity index is 112. The predicted octanol–water partition coefficient (Wildman–Crippen LogP) is 0.420. The third-order valence-electron chi connectivity index (χ3n) is 1.46. The molecule has 0 saturated heterocycles. The minimum atomic E-state index is 0.0208. The lowest BCUT2D eigenvalue weighted by Gasteiger charge is -2.20. The van der Waals surface area contributed by atoms with Crippen LogP contribution in [0.2, 0.25) is 0 Å². The van der Waals surface area contributed by atoms with Gasteiger partial charge in [0.15, 0.2) is 0 Å². The highest BCUT2D eigenvalue weighted by molar-refractivity contribution is 5.72. The Morgan fingerprint density at radius 2 is 2.10 bits per heavy atom. The summed E-state index contributed by atoms with van der Waals surface area (Å²) in [6.07, 6.45) is 0. The molecule has 0 aliphatic heterocycles. The molecule has 0 aromatic heterocycles. The number of amides is 1. The largest absolute Gasteiger partial charge is 0.344 e. The Morgan fingerprint density at radius 3 is 2.40 bits per heavy atom. The second-order valence-electron chi connectivity index (χ2n) is 2.74. The summed E-state index contributed by atoms with van der Waals surface area (Å²) in [6.45, 7) is 6.32. The van der Waals surface area contributed by atoms with E-state index in [1.165, 1.54) is 6.92 Å². The van der Waals surface area contributed by atoms with Crippen LogP contribution < -0.4 is 5.32 Å². The molecule has 0 aromatic rings. The molecule has 60 valence electrons. The van der Waals surface area contributed by atoms with Crippen LogP contribution in [0.1, 0.15) is 20.8 Å². The molecule has 0 aliphatic carbocycles. The Labute approximate surface area is 62.4 Å². The molecule has 0 fully saturated rings. The lowest BCUT2D eigenvalue weighted by atomic mass is 10.4. The van der Waals surface area contributed by atoms with Crippen molar-refractivity contribution in [2.24, 2.45) is 0 Å². The van der Waals surface area contributed by atoms with Gasteiger partial charge in [0.05, 0.1) is 6.67 Å². The summed E-state index contributed by atoms with van der Waals surface area (Å²) in [5.41, 5.74) is 0. The summed E-state index contributed by atoms with van der Waals surface area (Å²) in [5.74, 6) is 0.0208. The maximum absolute atomic E-state index is 10.4. The van der Waals surface area contributed by atoms with Crippen molar-refractivity contribution in [3.05, 3.63) is 0 Å². The number of carbonyl (C=O) groups is 1. The molecule has 10 heavy (non-hydrogen) atoms. The highest BCUT2D eigenvalue weighted by Gasteiger charge is 2.01. The number of nitrogens with one attached hydrogen (secondary N) is 1. The van der Waals surface area contributed by atoms with E-state index in [4.69, 9.17) is 0 Å². The summed E-state index contributed by atoms with van der Waals surface area (Å²) in [5, 5.41) is 2.71. The zero-order chi connectivity index (χ0) is 8.15. The molecular weight excluding hydrogens is 128 g/mol. The molecule has 0 aliphatic rings. The molecule has 1 amide bonds. The fourth-order valence-corrected chi connectivity index (χ4v) is 0.419. The molecule has 0 rings (SSSR count). The van der Waals surface area contributed by atoms with Crippen LogP contribution in [0.4, 0.5) is 0 Å². The molecule has 0 radical (unpaired) electrons. The Balaban J connectivity index is 3.39. The third-order valence-corrected chi connectivity index (χ3v) is 1.46. The van der Waals surface area contributed by atoms with Gasteiger partial charge >= 0.3 is 0 Å². The first-order valence-corrected chi connectivity index (χ1v) is 3.48. The highest BCUT2D eigenvalue weighted by Crippen LogP contribution is 1.88. The average Bonchev–Trinajstić information content (AvgIpc) is 1.82. The van der Waals surface area contributed by atoms with Crippen molar-refractivity contribution < 1.29 is 4.79 Å². The summed E-state index contributed by atoms with van der Waals surface area (Å²) >= 11 is 0. The Morgan fingerprint density at radius 1 is 1.60 bits per heavy atom. The standard InChI is InChI=1S/C7H16N2O/c1-6(2)9(4)5-8-7(3)10/h6H,5H2,1-4H3,(H,8,10). The van der Waals surface area contributed by atoms with Crippen molar-refractivity contribution >= 4 is 5.91 Å². The predicted molar refractivity (Wildman–Crippen MR) is 41.6 cm³/mol. The van der Waals surface area contributed by atoms with E-state index < -0.39 is 0 Å². The number of carbonyl (C=O) groups excluding carboxylic acids is 1. The SMILES string of the molecule is CC(=O)NCN(C)C(C)C. The van der Waals surface area contributed by atoms with Crippen molar-refractivity contribution in [2.45, 2.75) is 26.8 Å². The van der Waals surface area contributed by atoms with Crippen LogP contribution >= 0.6 is 0 Å². The molecule has 0 atom stereocenters. The normalized spacial score (nSPS) is 10.6. The van der Waals surface area contributed by atoms with Crippen molar-refractivity contribution in [1.29, 1.82) is 0 Å². The summed E-state index contributed by atoms with van der Waals surface area (Å²) in [7, 11) is 1.97. The second kappa shape index (κ2) is 4.28. The lowest BCUT2D eigenvalue weighted by molar-refractivity contribution is -0.119. The van der Waals surface area contributed by atoms with Gasteiger partial charge in [-0.3, -0.25) is 9.69 Å². The van der Waals surface area contributed by atoms with Crippen molar-refractivity contribution in [1.82, 2.24) is 10.2 Å². The second-order valence-corrected chi connectivity index (χ2v) is 2.74. The third kappa shape index (κ3) is 4.32. The summed E-state index contributed by atoms with van der Waals surface area (Å²) in [6, 6.07) is 0.479. The topological polar surface area (TPSA) is 32.3 Å². The average molecular weight is 144 g/mol. The van der Waals surface area contributed by atoms with Crippen molar-refractivity contribution in [3.63, 3.8) is 0 Å². The lowest BCUT2D eigenvalue weighted by Crippen LogP contribution is -2.37. The van der Waals surface area contributed by atoms with Crippen LogP contribution in [0.3, 0.4) is 0 Å². The fourth-order valence-electron chi connectivity index (χ4n) is 0.419. The van der Waals surface area contributed by atoms with E-state index in [1.54, 1.807) is 0 Å². The van der Waals surface area contributed by atoms with Gasteiger partial charge in [-0.1, -0.05) is 0 Å².